The molecule has 2 aromatic rings. The first-order valence-corrected chi connectivity index (χ1v) is 7.18. The van der Waals surface area contributed by atoms with Crippen LogP contribution in [0, 0.1) is 6.92 Å². The van der Waals surface area contributed by atoms with E-state index in [0.717, 1.165) is 27.1 Å². The number of hydrogen-bond acceptors (Lipinski definition) is 3. The van der Waals surface area contributed by atoms with Gasteiger partial charge < -0.3 is 15.2 Å². The van der Waals surface area contributed by atoms with Crippen LogP contribution in [0.2, 0.25) is 0 Å². The molecule has 2 N–H and O–H groups in total. The van der Waals surface area contributed by atoms with Crippen LogP contribution >= 0.6 is 15.9 Å². The average Bonchev–Trinajstić information content (AvgIpc) is 2.46. The van der Waals surface area contributed by atoms with Crippen LogP contribution in [0.5, 0.6) is 11.5 Å². The van der Waals surface area contributed by atoms with E-state index in [2.05, 4.69) is 22.0 Å². The summed E-state index contributed by atoms with van der Waals surface area (Å²) < 4.78 is 12.0. The molecule has 0 unspecified atom stereocenters. The molecule has 20 heavy (non-hydrogen) atoms. The molecule has 3 nitrogen and oxygen atoms in total. The molecule has 2 aromatic carbocycles. The van der Waals surface area contributed by atoms with E-state index in [4.69, 9.17) is 15.2 Å². The van der Waals surface area contributed by atoms with Crippen LogP contribution in [-0.4, -0.2) is 7.11 Å². The van der Waals surface area contributed by atoms with Crippen molar-refractivity contribution in [3.8, 4) is 11.5 Å². The predicted octanol–water partition coefficient (Wildman–Crippen LogP) is 3.80. The fourth-order valence-corrected chi connectivity index (χ4v) is 2.56. The first-order chi connectivity index (χ1) is 9.63. The van der Waals surface area contributed by atoms with Gasteiger partial charge in [0.2, 0.25) is 0 Å². The number of aryl methyl sites for hydroxylation is 1. The van der Waals surface area contributed by atoms with Gasteiger partial charge in [-0.15, -0.1) is 0 Å². The van der Waals surface area contributed by atoms with E-state index in [1.54, 1.807) is 7.11 Å². The first-order valence-electron chi connectivity index (χ1n) is 6.39. The fraction of sp³-hybridized carbons (Fsp3) is 0.250. The van der Waals surface area contributed by atoms with E-state index in [0.29, 0.717) is 13.2 Å². The standard InChI is InChI=1S/C16H18BrNO2/c1-11-3-5-15(13(7-11)9-18)20-10-12-4-6-16(19-2)14(17)8-12/h3-8H,9-10,18H2,1-2H3. The zero-order valence-corrected chi connectivity index (χ0v) is 13.2. The highest BCUT2D eigenvalue weighted by Crippen LogP contribution is 2.27. The third-order valence-corrected chi connectivity index (χ3v) is 3.67. The molecular formula is C16H18BrNO2. The highest BCUT2D eigenvalue weighted by Gasteiger charge is 2.05. The van der Waals surface area contributed by atoms with E-state index in [1.165, 1.54) is 5.56 Å². The highest BCUT2D eigenvalue weighted by molar-refractivity contribution is 9.10. The van der Waals surface area contributed by atoms with Crippen molar-refractivity contribution in [3.63, 3.8) is 0 Å². The molecule has 2 rings (SSSR count). The summed E-state index contributed by atoms with van der Waals surface area (Å²) in [4.78, 5) is 0. The van der Waals surface area contributed by atoms with Gasteiger partial charge in [0.05, 0.1) is 11.6 Å². The zero-order valence-electron chi connectivity index (χ0n) is 11.7. The van der Waals surface area contributed by atoms with E-state index in [-0.39, 0.29) is 0 Å². The Labute approximate surface area is 127 Å². The van der Waals surface area contributed by atoms with Crippen LogP contribution in [0.1, 0.15) is 16.7 Å². The van der Waals surface area contributed by atoms with Gasteiger partial charge >= 0.3 is 0 Å². The maximum absolute atomic E-state index is 5.86. The van der Waals surface area contributed by atoms with Gasteiger partial charge in [-0.25, -0.2) is 0 Å². The molecule has 0 aliphatic heterocycles. The van der Waals surface area contributed by atoms with Crippen LogP contribution in [-0.2, 0) is 13.2 Å². The second-order valence-electron chi connectivity index (χ2n) is 4.57. The Bertz CT molecular complexity index is 599. The summed E-state index contributed by atoms with van der Waals surface area (Å²) in [5.74, 6) is 1.65. The summed E-state index contributed by atoms with van der Waals surface area (Å²) in [6, 6.07) is 11.9. The van der Waals surface area contributed by atoms with Gasteiger partial charge in [-0.3, -0.25) is 0 Å². The summed E-state index contributed by atoms with van der Waals surface area (Å²) in [5, 5.41) is 0. The van der Waals surface area contributed by atoms with Crippen molar-refractivity contribution in [1.82, 2.24) is 0 Å². The van der Waals surface area contributed by atoms with Gasteiger partial charge in [0.15, 0.2) is 0 Å². The van der Waals surface area contributed by atoms with Crippen LogP contribution in [0.3, 0.4) is 0 Å². The van der Waals surface area contributed by atoms with Crippen molar-refractivity contribution in [1.29, 1.82) is 0 Å². The summed E-state index contributed by atoms with van der Waals surface area (Å²) in [7, 11) is 1.65. The lowest BCUT2D eigenvalue weighted by atomic mass is 10.1. The molecular weight excluding hydrogens is 318 g/mol. The topological polar surface area (TPSA) is 44.5 Å². The van der Waals surface area contributed by atoms with Crippen LogP contribution < -0.4 is 15.2 Å². The minimum atomic E-state index is 0.476. The lowest BCUT2D eigenvalue weighted by Gasteiger charge is -2.12. The molecule has 0 saturated carbocycles. The maximum Gasteiger partial charge on any atom is 0.133 e. The first kappa shape index (κ1) is 14.9. The van der Waals surface area contributed by atoms with Crippen molar-refractivity contribution in [3.05, 3.63) is 57.6 Å². The summed E-state index contributed by atoms with van der Waals surface area (Å²) in [6.07, 6.45) is 0. The Balaban J connectivity index is 2.10. The van der Waals surface area contributed by atoms with E-state index in [9.17, 15) is 0 Å². The molecule has 0 aliphatic carbocycles. The minimum Gasteiger partial charge on any atom is -0.496 e. The number of ether oxygens (including phenoxy) is 2. The Kier molecular flexibility index (Phi) is 5.04. The van der Waals surface area contributed by atoms with Gasteiger partial charge in [0.25, 0.3) is 0 Å². The molecule has 0 aliphatic rings. The highest BCUT2D eigenvalue weighted by atomic mass is 79.9. The molecule has 0 spiro atoms. The largest absolute Gasteiger partial charge is 0.496 e. The Morgan fingerprint density at radius 1 is 1.10 bits per heavy atom. The van der Waals surface area contributed by atoms with Crippen LogP contribution in [0.25, 0.3) is 0 Å². The molecule has 0 fully saturated rings. The number of benzene rings is 2. The van der Waals surface area contributed by atoms with Gasteiger partial charge in [0, 0.05) is 12.1 Å². The van der Waals surface area contributed by atoms with Gasteiger partial charge in [0.1, 0.15) is 18.1 Å². The molecule has 0 bridgehead atoms. The van der Waals surface area contributed by atoms with Gasteiger partial charge in [-0.1, -0.05) is 23.8 Å². The van der Waals surface area contributed by atoms with Crippen LogP contribution in [0.4, 0.5) is 0 Å². The quantitative estimate of drug-likeness (QED) is 0.903. The number of rotatable bonds is 5. The van der Waals surface area contributed by atoms with Crippen molar-refractivity contribution in [2.24, 2.45) is 5.73 Å². The van der Waals surface area contributed by atoms with E-state index < -0.39 is 0 Å². The second kappa shape index (κ2) is 6.77. The molecule has 0 aromatic heterocycles. The molecule has 0 atom stereocenters. The Morgan fingerprint density at radius 3 is 2.50 bits per heavy atom. The zero-order chi connectivity index (χ0) is 14.5. The van der Waals surface area contributed by atoms with Crippen LogP contribution in [0.15, 0.2) is 40.9 Å². The minimum absolute atomic E-state index is 0.476. The van der Waals surface area contributed by atoms with Crippen molar-refractivity contribution in [2.45, 2.75) is 20.1 Å². The third kappa shape index (κ3) is 3.52. The number of hydrogen-bond donors (Lipinski definition) is 1. The Morgan fingerprint density at radius 2 is 1.85 bits per heavy atom. The van der Waals surface area contributed by atoms with Gasteiger partial charge in [-0.2, -0.15) is 0 Å². The molecule has 0 heterocycles. The number of methoxy groups -OCH3 is 1. The molecule has 4 heteroatoms. The SMILES string of the molecule is COc1ccc(COc2ccc(C)cc2CN)cc1Br. The molecule has 0 radical (unpaired) electrons. The second-order valence-corrected chi connectivity index (χ2v) is 5.43. The smallest absolute Gasteiger partial charge is 0.133 e. The molecule has 0 saturated heterocycles. The van der Waals surface area contributed by atoms with Crippen molar-refractivity contribution in [2.75, 3.05) is 7.11 Å². The Hall–Kier alpha value is -1.52. The van der Waals surface area contributed by atoms with E-state index in [1.807, 2.05) is 37.3 Å². The van der Waals surface area contributed by atoms with E-state index >= 15 is 0 Å². The monoisotopic (exact) mass is 335 g/mol. The predicted molar refractivity (Wildman–Crippen MR) is 84.1 cm³/mol. The lowest BCUT2D eigenvalue weighted by Crippen LogP contribution is -2.03. The van der Waals surface area contributed by atoms with Crippen molar-refractivity contribution < 1.29 is 9.47 Å². The summed E-state index contributed by atoms with van der Waals surface area (Å²) >= 11 is 3.47. The summed E-state index contributed by atoms with van der Waals surface area (Å²) in [5.41, 5.74) is 9.03. The maximum atomic E-state index is 5.86. The van der Waals surface area contributed by atoms with Gasteiger partial charge in [-0.05, 0) is 46.6 Å². The number of nitrogens with two attached hydrogens (primary N) is 1. The fourth-order valence-electron chi connectivity index (χ4n) is 1.97. The average molecular weight is 336 g/mol. The number of halogens is 1. The third-order valence-electron chi connectivity index (χ3n) is 3.05. The normalized spacial score (nSPS) is 10.4. The molecule has 0 amide bonds. The molecule has 106 valence electrons. The summed E-state index contributed by atoms with van der Waals surface area (Å²) in [6.45, 7) is 3.02. The van der Waals surface area contributed by atoms with Crippen molar-refractivity contribution >= 4 is 15.9 Å². The lowest BCUT2D eigenvalue weighted by molar-refractivity contribution is 0.302.